The maximum Gasteiger partial charge on any atom is 0.241 e. The van der Waals surface area contributed by atoms with Gasteiger partial charge in [0.1, 0.15) is 0 Å². The number of nitrogens with zero attached hydrogens (tertiary/aromatic N) is 5. The SMILES string of the molecule is CCCC(=O)c1cnc2c(c1)N(C(=O)CN1C[C@@H](C)NC[C@@H]1CN1CCN(I)C[C@H]1C)CC2(C)C. The molecule has 4 heterocycles. The van der Waals surface area contributed by atoms with Crippen molar-refractivity contribution < 1.29 is 9.59 Å². The second-order valence-corrected chi connectivity index (χ2v) is 12.6. The van der Waals surface area contributed by atoms with Crippen molar-refractivity contribution in [1.29, 1.82) is 0 Å². The Labute approximate surface area is 224 Å². The minimum Gasteiger partial charge on any atom is -0.311 e. The first-order chi connectivity index (χ1) is 16.6. The van der Waals surface area contributed by atoms with Gasteiger partial charge in [-0.05, 0) is 26.3 Å². The van der Waals surface area contributed by atoms with Crippen LogP contribution in [0.4, 0.5) is 5.69 Å². The van der Waals surface area contributed by atoms with Crippen LogP contribution in [0.3, 0.4) is 0 Å². The number of ketones is 1. The minimum atomic E-state index is -0.234. The third-order valence-corrected chi connectivity index (χ3v) is 8.56. The summed E-state index contributed by atoms with van der Waals surface area (Å²) in [6.07, 6.45) is 3.00. The molecule has 2 fully saturated rings. The highest BCUT2D eigenvalue weighted by Gasteiger charge is 2.41. The molecule has 1 N–H and O–H groups in total. The van der Waals surface area contributed by atoms with Crippen LogP contribution in [0, 0.1) is 0 Å². The average Bonchev–Trinajstić information content (AvgIpc) is 3.07. The second-order valence-electron chi connectivity index (χ2n) is 11.2. The standard InChI is InChI=1S/C26H41IN6O2/c1-6-7-23(34)20-10-22-25(29-11-20)26(4,5)17-33(22)24(35)16-31-13-18(2)28-12-21(31)15-30-8-9-32(27)14-19(30)3/h10-11,18-19,21,28H,6-9,12-17H2,1-5H3/t18-,19-,21-/m1/s1. The lowest BCUT2D eigenvalue weighted by atomic mass is 9.91. The highest BCUT2D eigenvalue weighted by atomic mass is 127. The number of piperazine rings is 2. The Morgan fingerprint density at radius 1 is 1.20 bits per heavy atom. The Kier molecular flexibility index (Phi) is 8.52. The third kappa shape index (κ3) is 6.06. The zero-order valence-corrected chi connectivity index (χ0v) is 24.0. The lowest BCUT2D eigenvalue weighted by Gasteiger charge is -2.44. The lowest BCUT2D eigenvalue weighted by molar-refractivity contribution is -0.120. The largest absolute Gasteiger partial charge is 0.311 e. The van der Waals surface area contributed by atoms with Gasteiger partial charge in [0.25, 0.3) is 0 Å². The van der Waals surface area contributed by atoms with Crippen LogP contribution in [-0.2, 0) is 10.2 Å². The summed E-state index contributed by atoms with van der Waals surface area (Å²) in [6, 6.07) is 3.05. The lowest BCUT2D eigenvalue weighted by Crippen LogP contribution is -2.62. The van der Waals surface area contributed by atoms with Crippen molar-refractivity contribution in [2.24, 2.45) is 0 Å². The summed E-state index contributed by atoms with van der Waals surface area (Å²) in [6.45, 7) is 17.7. The van der Waals surface area contributed by atoms with Crippen LogP contribution in [0.15, 0.2) is 12.3 Å². The number of anilines is 1. The predicted octanol–water partition coefficient (Wildman–Crippen LogP) is 2.71. The Morgan fingerprint density at radius 3 is 2.69 bits per heavy atom. The van der Waals surface area contributed by atoms with E-state index in [9.17, 15) is 9.59 Å². The maximum absolute atomic E-state index is 13.8. The predicted molar refractivity (Wildman–Crippen MR) is 148 cm³/mol. The summed E-state index contributed by atoms with van der Waals surface area (Å²) < 4.78 is 2.36. The van der Waals surface area contributed by atoms with Crippen LogP contribution in [0.2, 0.25) is 0 Å². The van der Waals surface area contributed by atoms with E-state index < -0.39 is 0 Å². The van der Waals surface area contributed by atoms with E-state index in [2.05, 4.69) is 73.8 Å². The number of amides is 1. The number of fused-ring (bicyclic) bond motifs is 1. The minimum absolute atomic E-state index is 0.0941. The maximum atomic E-state index is 13.8. The van der Waals surface area contributed by atoms with Crippen molar-refractivity contribution in [2.75, 3.05) is 57.3 Å². The number of hydrogen-bond acceptors (Lipinski definition) is 7. The van der Waals surface area contributed by atoms with Gasteiger partial charge in [-0.1, -0.05) is 20.8 Å². The first kappa shape index (κ1) is 26.9. The fraction of sp³-hybridized carbons (Fsp3) is 0.731. The number of aromatic nitrogens is 1. The number of halogens is 1. The first-order valence-electron chi connectivity index (χ1n) is 13.1. The molecule has 3 aliphatic rings. The van der Waals surface area contributed by atoms with Crippen molar-refractivity contribution in [2.45, 2.75) is 71.0 Å². The van der Waals surface area contributed by atoms with Crippen LogP contribution in [0.1, 0.15) is 63.5 Å². The van der Waals surface area contributed by atoms with Gasteiger partial charge in [-0.3, -0.25) is 24.4 Å². The Hall–Kier alpha value is -1.14. The van der Waals surface area contributed by atoms with Crippen LogP contribution in [0.25, 0.3) is 0 Å². The smallest absolute Gasteiger partial charge is 0.241 e. The topological polar surface area (TPSA) is 72.0 Å². The summed E-state index contributed by atoms with van der Waals surface area (Å²) in [7, 11) is 0. The van der Waals surface area contributed by atoms with E-state index in [4.69, 9.17) is 0 Å². The molecule has 0 spiro atoms. The molecule has 0 aromatic carbocycles. The van der Waals surface area contributed by atoms with Gasteiger partial charge < -0.3 is 10.2 Å². The molecule has 3 aliphatic heterocycles. The number of hydrogen-bond donors (Lipinski definition) is 1. The third-order valence-electron chi connectivity index (χ3n) is 7.68. The summed E-state index contributed by atoms with van der Waals surface area (Å²) in [5, 5.41) is 3.63. The highest BCUT2D eigenvalue weighted by Crippen LogP contribution is 2.39. The van der Waals surface area contributed by atoms with E-state index in [1.807, 2.05) is 17.9 Å². The zero-order chi connectivity index (χ0) is 25.3. The number of Topliss-reactive ketones (excluding diaryl/α,β-unsaturated/α-hetero) is 1. The number of carbonyl (C=O) groups excluding carboxylic acids is 2. The molecule has 1 aromatic heterocycles. The molecule has 0 radical (unpaired) electrons. The molecule has 1 amide bonds. The van der Waals surface area contributed by atoms with Crippen molar-refractivity contribution in [3.05, 3.63) is 23.5 Å². The summed E-state index contributed by atoms with van der Waals surface area (Å²) in [5.41, 5.74) is 2.10. The Balaban J connectivity index is 1.50. The van der Waals surface area contributed by atoms with E-state index >= 15 is 0 Å². The van der Waals surface area contributed by atoms with E-state index in [1.54, 1.807) is 6.20 Å². The first-order valence-corrected chi connectivity index (χ1v) is 14.0. The van der Waals surface area contributed by atoms with E-state index in [-0.39, 0.29) is 17.1 Å². The van der Waals surface area contributed by atoms with Gasteiger partial charge in [0.05, 0.1) is 17.9 Å². The fourth-order valence-corrected chi connectivity index (χ4v) is 6.43. The monoisotopic (exact) mass is 596 g/mol. The molecule has 0 saturated carbocycles. The molecule has 3 atom stereocenters. The highest BCUT2D eigenvalue weighted by molar-refractivity contribution is 14.1. The molecule has 4 rings (SSSR count). The summed E-state index contributed by atoms with van der Waals surface area (Å²) in [4.78, 5) is 37.8. The Morgan fingerprint density at radius 2 is 1.97 bits per heavy atom. The summed E-state index contributed by atoms with van der Waals surface area (Å²) in [5.74, 6) is 0.194. The number of rotatable bonds is 7. The molecule has 0 unspecified atom stereocenters. The van der Waals surface area contributed by atoms with Crippen molar-refractivity contribution in [1.82, 2.24) is 23.2 Å². The molecular formula is C26H41IN6O2. The molecule has 0 bridgehead atoms. The van der Waals surface area contributed by atoms with Gasteiger partial charge in [0.2, 0.25) is 5.91 Å². The zero-order valence-electron chi connectivity index (χ0n) is 21.9. The fourth-order valence-electron chi connectivity index (χ4n) is 5.64. The normalized spacial score (nSPS) is 27.7. The number of carbonyl (C=O) groups is 2. The van der Waals surface area contributed by atoms with E-state index in [0.29, 0.717) is 43.2 Å². The van der Waals surface area contributed by atoms with Crippen LogP contribution in [-0.4, -0.2) is 100 Å². The quantitative estimate of drug-likeness (QED) is 0.295. The van der Waals surface area contributed by atoms with E-state index in [1.165, 1.54) is 0 Å². The van der Waals surface area contributed by atoms with Crippen LogP contribution >= 0.6 is 22.9 Å². The average molecular weight is 597 g/mol. The molecule has 9 heteroatoms. The molecule has 1 aromatic rings. The number of nitrogens with one attached hydrogen (secondary N) is 1. The molecule has 35 heavy (non-hydrogen) atoms. The molecule has 194 valence electrons. The van der Waals surface area contributed by atoms with Crippen LogP contribution in [0.5, 0.6) is 0 Å². The number of pyridine rings is 1. The van der Waals surface area contributed by atoms with Gasteiger partial charge in [-0.15, -0.1) is 0 Å². The molecular weight excluding hydrogens is 555 g/mol. The van der Waals surface area contributed by atoms with Gasteiger partial charge in [-0.2, -0.15) is 0 Å². The molecule has 8 nitrogen and oxygen atoms in total. The van der Waals surface area contributed by atoms with Crippen LogP contribution < -0.4 is 10.2 Å². The molecule has 2 saturated heterocycles. The van der Waals surface area contributed by atoms with Gasteiger partial charge in [0, 0.05) is 110 Å². The van der Waals surface area contributed by atoms with Gasteiger partial charge in [0.15, 0.2) is 5.78 Å². The molecule has 0 aliphatic carbocycles. The van der Waals surface area contributed by atoms with Crippen molar-refractivity contribution in [3.8, 4) is 0 Å². The summed E-state index contributed by atoms with van der Waals surface area (Å²) >= 11 is 2.42. The van der Waals surface area contributed by atoms with E-state index in [0.717, 1.165) is 57.1 Å². The van der Waals surface area contributed by atoms with Gasteiger partial charge >= 0.3 is 0 Å². The van der Waals surface area contributed by atoms with Crippen molar-refractivity contribution >= 4 is 40.2 Å². The Bertz CT molecular complexity index is 940. The van der Waals surface area contributed by atoms with Crippen molar-refractivity contribution in [3.63, 3.8) is 0 Å². The van der Waals surface area contributed by atoms with Gasteiger partial charge in [-0.25, -0.2) is 3.11 Å². The second kappa shape index (κ2) is 11.1.